The van der Waals surface area contributed by atoms with Gasteiger partial charge in [0.1, 0.15) is 6.54 Å². The van der Waals surface area contributed by atoms with Crippen molar-refractivity contribution in [3.05, 3.63) is 107 Å². The number of hydrogen-bond acceptors (Lipinski definition) is 3. The van der Waals surface area contributed by atoms with E-state index in [1.54, 1.807) is 12.1 Å². The highest BCUT2D eigenvalue weighted by atomic mass is 19.4. The number of amides is 2. The van der Waals surface area contributed by atoms with Crippen LogP contribution in [0.5, 0.6) is 0 Å². The second-order valence-electron chi connectivity index (χ2n) is 9.92. The van der Waals surface area contributed by atoms with Crippen LogP contribution in [0.1, 0.15) is 32.6 Å². The van der Waals surface area contributed by atoms with Crippen molar-refractivity contribution in [1.29, 1.82) is 0 Å². The number of hydrogen-bond donors (Lipinski definition) is 1. The normalized spacial score (nSPS) is 12.0. The zero-order valence-corrected chi connectivity index (χ0v) is 23.1. The summed E-state index contributed by atoms with van der Waals surface area (Å²) in [5.41, 5.74) is -1.38. The monoisotopic (exact) mass is 605 g/mol. The Kier molecular flexibility index (Phi) is 9.80. The number of methoxy groups -OCH3 is 1. The van der Waals surface area contributed by atoms with Crippen molar-refractivity contribution in [3.63, 3.8) is 0 Å². The van der Waals surface area contributed by atoms with Crippen LogP contribution in [-0.4, -0.2) is 59.9 Å². The molecule has 228 valence electrons. The van der Waals surface area contributed by atoms with E-state index in [0.29, 0.717) is 18.6 Å². The van der Waals surface area contributed by atoms with Crippen LogP contribution in [0.2, 0.25) is 0 Å². The molecule has 4 rings (SSSR count). The molecule has 1 aromatic heterocycles. The van der Waals surface area contributed by atoms with Crippen LogP contribution in [-0.2, 0) is 34.8 Å². The highest BCUT2D eigenvalue weighted by molar-refractivity contribution is 5.97. The smallest absolute Gasteiger partial charge is 0.383 e. The number of para-hydroxylation sites is 1. The second-order valence-corrected chi connectivity index (χ2v) is 9.92. The molecule has 0 saturated carbocycles. The number of aromatic amines is 1. The molecule has 0 aliphatic carbocycles. The summed E-state index contributed by atoms with van der Waals surface area (Å²) in [4.78, 5) is 32.6. The number of fused-ring (bicyclic) bond motifs is 1. The van der Waals surface area contributed by atoms with Crippen LogP contribution >= 0.6 is 0 Å². The lowest BCUT2D eigenvalue weighted by Gasteiger charge is -2.28. The number of aromatic nitrogens is 1. The summed E-state index contributed by atoms with van der Waals surface area (Å²) < 4.78 is 85.7. The summed E-state index contributed by atoms with van der Waals surface area (Å²) in [7, 11) is 1.32. The largest absolute Gasteiger partial charge is 0.416 e. The Bertz CT molecular complexity index is 1520. The quantitative estimate of drug-likeness (QED) is 0.197. The van der Waals surface area contributed by atoms with Crippen molar-refractivity contribution < 1.29 is 40.7 Å². The van der Waals surface area contributed by atoms with Crippen molar-refractivity contribution in [2.24, 2.45) is 0 Å². The highest BCUT2D eigenvalue weighted by Crippen LogP contribution is 2.36. The average molecular weight is 606 g/mol. The van der Waals surface area contributed by atoms with Gasteiger partial charge in [0.2, 0.25) is 5.91 Å². The van der Waals surface area contributed by atoms with Crippen molar-refractivity contribution in [2.75, 3.05) is 33.4 Å². The van der Waals surface area contributed by atoms with E-state index in [-0.39, 0.29) is 32.3 Å². The van der Waals surface area contributed by atoms with E-state index in [1.807, 2.05) is 48.7 Å². The van der Waals surface area contributed by atoms with Crippen LogP contribution in [0.4, 0.5) is 26.3 Å². The van der Waals surface area contributed by atoms with Crippen LogP contribution in [0.25, 0.3) is 10.9 Å². The fourth-order valence-corrected chi connectivity index (χ4v) is 4.67. The predicted octanol–water partition coefficient (Wildman–Crippen LogP) is 6.57. The predicted molar refractivity (Wildman–Crippen MR) is 148 cm³/mol. The Hall–Kier alpha value is -4.32. The van der Waals surface area contributed by atoms with Gasteiger partial charge < -0.3 is 19.5 Å². The van der Waals surface area contributed by atoms with E-state index in [0.717, 1.165) is 26.9 Å². The summed E-state index contributed by atoms with van der Waals surface area (Å²) in [5, 5.41) is 0.983. The minimum Gasteiger partial charge on any atom is -0.383 e. The second kappa shape index (κ2) is 13.3. The molecule has 0 fully saturated rings. The molecule has 3 aromatic carbocycles. The third-order valence-electron chi connectivity index (χ3n) is 6.91. The van der Waals surface area contributed by atoms with E-state index in [9.17, 15) is 35.9 Å². The number of carbonyl (C=O) groups is 2. The van der Waals surface area contributed by atoms with Gasteiger partial charge in [-0.1, -0.05) is 48.5 Å². The zero-order chi connectivity index (χ0) is 31.2. The SMILES string of the molecule is COCCN(CC(=O)N(CCc1c[nH]c2ccccc12)Cc1ccccc1)C(=O)c1cc(C(F)(F)F)cc(C(F)(F)F)c1. The molecule has 43 heavy (non-hydrogen) atoms. The van der Waals surface area contributed by atoms with Gasteiger partial charge >= 0.3 is 12.4 Å². The Balaban J connectivity index is 1.61. The van der Waals surface area contributed by atoms with Crippen LogP contribution in [0.15, 0.2) is 79.0 Å². The van der Waals surface area contributed by atoms with E-state index < -0.39 is 47.4 Å². The van der Waals surface area contributed by atoms with Crippen LogP contribution in [0, 0.1) is 0 Å². The fraction of sp³-hybridized carbons (Fsp3) is 0.290. The van der Waals surface area contributed by atoms with E-state index in [4.69, 9.17) is 4.74 Å². The molecule has 0 bridgehead atoms. The fourth-order valence-electron chi connectivity index (χ4n) is 4.67. The number of ether oxygens (including phenoxy) is 1. The van der Waals surface area contributed by atoms with Crippen molar-refractivity contribution in [2.45, 2.75) is 25.3 Å². The summed E-state index contributed by atoms with van der Waals surface area (Å²) in [6.07, 6.45) is -7.95. The first-order valence-corrected chi connectivity index (χ1v) is 13.3. The van der Waals surface area contributed by atoms with E-state index in [1.165, 1.54) is 12.0 Å². The number of nitrogens with zero attached hydrogens (tertiary/aromatic N) is 2. The first-order valence-electron chi connectivity index (χ1n) is 13.3. The molecule has 1 N–H and O–H groups in total. The molecule has 0 aliphatic rings. The van der Waals surface area contributed by atoms with Gasteiger partial charge in [0, 0.05) is 49.4 Å². The molecule has 0 spiro atoms. The summed E-state index contributed by atoms with van der Waals surface area (Å²) >= 11 is 0. The van der Waals surface area contributed by atoms with Crippen molar-refractivity contribution in [1.82, 2.24) is 14.8 Å². The molecule has 0 saturated heterocycles. The molecule has 1 heterocycles. The van der Waals surface area contributed by atoms with E-state index in [2.05, 4.69) is 4.98 Å². The van der Waals surface area contributed by atoms with Gasteiger partial charge in [0.15, 0.2) is 0 Å². The minimum absolute atomic E-state index is 0.0479. The molecule has 2 amide bonds. The topological polar surface area (TPSA) is 65.6 Å². The Morgan fingerprint density at radius 3 is 2.07 bits per heavy atom. The Morgan fingerprint density at radius 1 is 0.814 bits per heavy atom. The van der Waals surface area contributed by atoms with Gasteiger partial charge in [-0.3, -0.25) is 9.59 Å². The number of halogens is 6. The maximum atomic E-state index is 13.7. The third-order valence-corrected chi connectivity index (χ3v) is 6.91. The molecule has 0 aliphatic heterocycles. The molecule has 0 radical (unpaired) electrons. The molecule has 4 aromatic rings. The van der Waals surface area contributed by atoms with Gasteiger partial charge in [0.25, 0.3) is 5.91 Å². The number of benzene rings is 3. The first-order chi connectivity index (χ1) is 20.4. The minimum atomic E-state index is -5.13. The van der Waals surface area contributed by atoms with Gasteiger partial charge in [-0.15, -0.1) is 0 Å². The highest BCUT2D eigenvalue weighted by Gasteiger charge is 2.38. The molecule has 6 nitrogen and oxygen atoms in total. The summed E-state index contributed by atoms with van der Waals surface area (Å²) in [6.45, 7) is -0.501. The van der Waals surface area contributed by atoms with Crippen molar-refractivity contribution in [3.8, 4) is 0 Å². The Morgan fingerprint density at radius 2 is 1.44 bits per heavy atom. The summed E-state index contributed by atoms with van der Waals surface area (Å²) in [5.74, 6) is -1.69. The molecule has 12 heteroatoms. The molecule has 0 atom stereocenters. The molecular weight excluding hydrogens is 576 g/mol. The van der Waals surface area contributed by atoms with Crippen LogP contribution in [0.3, 0.4) is 0 Å². The average Bonchev–Trinajstić information content (AvgIpc) is 3.39. The van der Waals surface area contributed by atoms with Gasteiger partial charge in [-0.05, 0) is 41.8 Å². The first kappa shape index (κ1) is 31.6. The van der Waals surface area contributed by atoms with Gasteiger partial charge in [-0.2, -0.15) is 26.3 Å². The lowest BCUT2D eigenvalue weighted by Crippen LogP contribution is -2.44. The van der Waals surface area contributed by atoms with Crippen molar-refractivity contribution >= 4 is 22.7 Å². The number of carbonyl (C=O) groups excluding carboxylic acids is 2. The lowest BCUT2D eigenvalue weighted by atomic mass is 10.0. The van der Waals surface area contributed by atoms with E-state index >= 15 is 0 Å². The number of H-pyrrole nitrogens is 1. The number of nitrogens with one attached hydrogen (secondary N) is 1. The number of alkyl halides is 6. The summed E-state index contributed by atoms with van der Waals surface area (Å²) in [6, 6.07) is 17.4. The Labute approximate surface area is 243 Å². The maximum absolute atomic E-state index is 13.7. The van der Waals surface area contributed by atoms with Gasteiger partial charge in [0.05, 0.1) is 17.7 Å². The maximum Gasteiger partial charge on any atom is 0.416 e. The standard InChI is InChI=1S/C31H29F6N3O3/c1-43-14-13-40(29(42)23-15-24(30(32,33)34)17-25(16-23)31(35,36)37)20-28(41)39(19-21-7-3-2-4-8-21)12-11-22-18-38-27-10-6-5-9-26(22)27/h2-10,15-18,38H,11-14,19-20H2,1H3. The van der Waals surface area contributed by atoms with Gasteiger partial charge in [-0.25, -0.2) is 0 Å². The van der Waals surface area contributed by atoms with Crippen LogP contribution < -0.4 is 0 Å². The zero-order valence-electron chi connectivity index (χ0n) is 23.1. The third kappa shape index (κ3) is 8.16. The lowest BCUT2D eigenvalue weighted by molar-refractivity contribution is -0.143. The molecule has 0 unspecified atom stereocenters. The molecular formula is C31H29F6N3O3. The number of rotatable bonds is 11.